The minimum Gasteiger partial charge on any atom is -0.394 e. The molecular weight excluding hydrogens is 326 g/mol. The molecule has 2 nitrogen and oxygen atoms in total. The molecule has 1 unspecified atom stereocenters. The molecule has 0 saturated carbocycles. The number of aliphatic hydroxyl groups excluding tert-OH is 1. The van der Waals surface area contributed by atoms with E-state index in [4.69, 9.17) is 11.6 Å². The Kier molecular flexibility index (Phi) is 5.40. The molecule has 0 fully saturated rings. The molecule has 0 aliphatic carbocycles. The van der Waals surface area contributed by atoms with Gasteiger partial charge in [-0.05, 0) is 29.3 Å². The molecule has 2 N–H and O–H groups in total. The Labute approximate surface area is 126 Å². The van der Waals surface area contributed by atoms with E-state index in [1.807, 2.05) is 48.5 Å². The molecule has 2 aromatic rings. The van der Waals surface area contributed by atoms with Crippen LogP contribution in [0, 0.1) is 0 Å². The van der Waals surface area contributed by atoms with E-state index in [0.717, 1.165) is 20.6 Å². The standard InChI is InChI=1S/C15H15BrClNO/c16-13-6-7-14(17)12(8-13)9-18-15(10-19)11-4-2-1-3-5-11/h1-8,15,18-19H,9-10H2. The molecule has 0 aliphatic rings. The molecular formula is C15H15BrClNO. The van der Waals surface area contributed by atoms with Crippen LogP contribution in [0.25, 0.3) is 0 Å². The van der Waals surface area contributed by atoms with E-state index in [9.17, 15) is 5.11 Å². The van der Waals surface area contributed by atoms with Gasteiger partial charge in [-0.1, -0.05) is 57.9 Å². The Balaban J connectivity index is 2.06. The third kappa shape index (κ3) is 4.05. The first-order valence-corrected chi connectivity index (χ1v) is 7.21. The highest BCUT2D eigenvalue weighted by Gasteiger charge is 2.10. The van der Waals surface area contributed by atoms with Crippen LogP contribution in [-0.4, -0.2) is 11.7 Å². The monoisotopic (exact) mass is 339 g/mol. The van der Waals surface area contributed by atoms with Crippen LogP contribution in [0.1, 0.15) is 17.2 Å². The fourth-order valence-electron chi connectivity index (χ4n) is 1.89. The van der Waals surface area contributed by atoms with Crippen molar-refractivity contribution in [2.75, 3.05) is 6.61 Å². The summed E-state index contributed by atoms with van der Waals surface area (Å²) in [7, 11) is 0. The fraction of sp³-hybridized carbons (Fsp3) is 0.200. The summed E-state index contributed by atoms with van der Waals surface area (Å²) in [5, 5.41) is 13.5. The highest BCUT2D eigenvalue weighted by molar-refractivity contribution is 9.10. The molecule has 2 aromatic carbocycles. The predicted molar refractivity (Wildman–Crippen MR) is 82.3 cm³/mol. The molecule has 0 aliphatic heterocycles. The van der Waals surface area contributed by atoms with Crippen molar-refractivity contribution in [1.82, 2.24) is 5.32 Å². The van der Waals surface area contributed by atoms with Gasteiger partial charge in [-0.2, -0.15) is 0 Å². The Morgan fingerprint density at radius 1 is 1.16 bits per heavy atom. The van der Waals surface area contributed by atoms with Crippen molar-refractivity contribution in [3.63, 3.8) is 0 Å². The molecule has 19 heavy (non-hydrogen) atoms. The fourth-order valence-corrected chi connectivity index (χ4v) is 2.48. The highest BCUT2D eigenvalue weighted by Crippen LogP contribution is 2.22. The third-order valence-corrected chi connectivity index (χ3v) is 3.79. The first kappa shape index (κ1) is 14.5. The number of hydrogen-bond acceptors (Lipinski definition) is 2. The summed E-state index contributed by atoms with van der Waals surface area (Å²) in [5.74, 6) is 0. The van der Waals surface area contributed by atoms with Gasteiger partial charge in [0.1, 0.15) is 0 Å². The first-order chi connectivity index (χ1) is 9.20. The van der Waals surface area contributed by atoms with Crippen LogP contribution in [-0.2, 0) is 6.54 Å². The Morgan fingerprint density at radius 2 is 1.89 bits per heavy atom. The molecule has 0 amide bonds. The van der Waals surface area contributed by atoms with Gasteiger partial charge in [0.05, 0.1) is 12.6 Å². The first-order valence-electron chi connectivity index (χ1n) is 6.04. The Hall–Kier alpha value is -0.870. The smallest absolute Gasteiger partial charge is 0.0626 e. The predicted octanol–water partition coefficient (Wildman–Crippen LogP) is 3.93. The molecule has 1 atom stereocenters. The van der Waals surface area contributed by atoms with E-state index < -0.39 is 0 Å². The second-order valence-corrected chi connectivity index (χ2v) is 5.59. The van der Waals surface area contributed by atoms with Crippen molar-refractivity contribution < 1.29 is 5.11 Å². The van der Waals surface area contributed by atoms with E-state index in [1.165, 1.54) is 0 Å². The lowest BCUT2D eigenvalue weighted by Gasteiger charge is -2.17. The zero-order valence-electron chi connectivity index (χ0n) is 10.3. The van der Waals surface area contributed by atoms with Crippen molar-refractivity contribution in [3.8, 4) is 0 Å². The summed E-state index contributed by atoms with van der Waals surface area (Å²) in [6.45, 7) is 0.661. The van der Waals surface area contributed by atoms with Crippen molar-refractivity contribution in [1.29, 1.82) is 0 Å². The van der Waals surface area contributed by atoms with Crippen molar-refractivity contribution in [2.24, 2.45) is 0 Å². The number of hydrogen-bond donors (Lipinski definition) is 2. The normalized spacial score (nSPS) is 12.4. The Bertz CT molecular complexity index is 533. The number of halogens is 2. The van der Waals surface area contributed by atoms with Gasteiger partial charge in [-0.15, -0.1) is 0 Å². The molecule has 0 aromatic heterocycles. The quantitative estimate of drug-likeness (QED) is 0.864. The zero-order valence-corrected chi connectivity index (χ0v) is 12.7. The van der Waals surface area contributed by atoms with Crippen LogP contribution in [0.5, 0.6) is 0 Å². The molecule has 0 heterocycles. The maximum absolute atomic E-state index is 9.48. The SMILES string of the molecule is OCC(NCc1cc(Br)ccc1Cl)c1ccccc1. The van der Waals surface area contributed by atoms with Gasteiger partial charge in [0.25, 0.3) is 0 Å². The molecule has 0 bridgehead atoms. The van der Waals surface area contributed by atoms with E-state index in [0.29, 0.717) is 6.54 Å². The largest absolute Gasteiger partial charge is 0.394 e. The molecule has 100 valence electrons. The van der Waals surface area contributed by atoms with Gasteiger partial charge >= 0.3 is 0 Å². The summed E-state index contributed by atoms with van der Waals surface area (Å²) in [6, 6.07) is 15.5. The lowest BCUT2D eigenvalue weighted by molar-refractivity contribution is 0.243. The second kappa shape index (κ2) is 7.06. The topological polar surface area (TPSA) is 32.3 Å². The van der Waals surface area contributed by atoms with Crippen LogP contribution in [0.4, 0.5) is 0 Å². The van der Waals surface area contributed by atoms with Crippen molar-refractivity contribution in [2.45, 2.75) is 12.6 Å². The van der Waals surface area contributed by atoms with E-state index >= 15 is 0 Å². The minimum absolute atomic E-state index is 0.0512. The summed E-state index contributed by atoms with van der Waals surface area (Å²) in [5.41, 5.74) is 2.07. The van der Waals surface area contributed by atoms with Gasteiger partial charge in [-0.25, -0.2) is 0 Å². The summed E-state index contributed by atoms with van der Waals surface area (Å²) < 4.78 is 0.994. The number of aliphatic hydroxyl groups is 1. The number of benzene rings is 2. The molecule has 0 radical (unpaired) electrons. The minimum atomic E-state index is -0.0868. The Morgan fingerprint density at radius 3 is 2.58 bits per heavy atom. The van der Waals surface area contributed by atoms with Gasteiger partial charge in [0, 0.05) is 16.0 Å². The highest BCUT2D eigenvalue weighted by atomic mass is 79.9. The van der Waals surface area contributed by atoms with E-state index in [1.54, 1.807) is 0 Å². The van der Waals surface area contributed by atoms with E-state index in [2.05, 4.69) is 21.2 Å². The van der Waals surface area contributed by atoms with Crippen LogP contribution >= 0.6 is 27.5 Å². The average Bonchev–Trinajstić information content (AvgIpc) is 2.44. The molecule has 0 spiro atoms. The molecule has 0 saturated heterocycles. The van der Waals surface area contributed by atoms with Crippen molar-refractivity contribution >= 4 is 27.5 Å². The average molecular weight is 341 g/mol. The third-order valence-electron chi connectivity index (χ3n) is 2.93. The van der Waals surface area contributed by atoms with Gasteiger partial charge < -0.3 is 10.4 Å². The van der Waals surface area contributed by atoms with Crippen molar-refractivity contribution in [3.05, 3.63) is 69.2 Å². The van der Waals surface area contributed by atoms with Crippen LogP contribution in [0.15, 0.2) is 53.0 Å². The maximum atomic E-state index is 9.48. The van der Waals surface area contributed by atoms with Gasteiger partial charge in [0.2, 0.25) is 0 Å². The molecule has 4 heteroatoms. The maximum Gasteiger partial charge on any atom is 0.0626 e. The summed E-state index contributed by atoms with van der Waals surface area (Å²) >= 11 is 9.58. The van der Waals surface area contributed by atoms with Crippen LogP contribution in [0.3, 0.4) is 0 Å². The second-order valence-electron chi connectivity index (χ2n) is 4.26. The number of nitrogens with one attached hydrogen (secondary N) is 1. The van der Waals surface area contributed by atoms with E-state index in [-0.39, 0.29) is 12.6 Å². The lowest BCUT2D eigenvalue weighted by Crippen LogP contribution is -2.24. The zero-order chi connectivity index (χ0) is 13.7. The summed E-state index contributed by atoms with van der Waals surface area (Å²) in [4.78, 5) is 0. The van der Waals surface area contributed by atoms with Crippen LogP contribution in [0.2, 0.25) is 5.02 Å². The van der Waals surface area contributed by atoms with Gasteiger partial charge in [-0.3, -0.25) is 0 Å². The van der Waals surface area contributed by atoms with Gasteiger partial charge in [0.15, 0.2) is 0 Å². The number of rotatable bonds is 5. The lowest BCUT2D eigenvalue weighted by atomic mass is 10.1. The molecule has 2 rings (SSSR count). The van der Waals surface area contributed by atoms with Crippen LogP contribution < -0.4 is 5.32 Å². The summed E-state index contributed by atoms with van der Waals surface area (Å²) in [6.07, 6.45) is 0.